The van der Waals surface area contributed by atoms with Crippen LogP contribution in [0.2, 0.25) is 0 Å². The van der Waals surface area contributed by atoms with E-state index in [1.165, 1.54) is 12.7 Å². The lowest BCUT2D eigenvalue weighted by Gasteiger charge is -2.14. The number of aryl methyl sites for hydroxylation is 2. The lowest BCUT2D eigenvalue weighted by atomic mass is 9.98. The molecule has 1 unspecified atom stereocenters. The zero-order valence-electron chi connectivity index (χ0n) is 15.2. The molecule has 0 radical (unpaired) electrons. The number of rotatable bonds is 5. The molecular formula is C21H22N2O3. The number of carbonyl (C=O) groups excluding carboxylic acids is 2. The van der Waals surface area contributed by atoms with E-state index in [0.29, 0.717) is 24.3 Å². The summed E-state index contributed by atoms with van der Waals surface area (Å²) in [6, 6.07) is 11.1. The molecule has 3 rings (SSSR count). The number of methoxy groups -OCH3 is 1. The van der Waals surface area contributed by atoms with Crippen LogP contribution in [0.15, 0.2) is 41.4 Å². The Morgan fingerprint density at radius 2 is 1.92 bits per heavy atom. The zero-order chi connectivity index (χ0) is 18.7. The largest absolute Gasteiger partial charge is 0.496 e. The molecule has 0 bridgehead atoms. The minimum atomic E-state index is -0.317. The minimum Gasteiger partial charge on any atom is -0.496 e. The summed E-state index contributed by atoms with van der Waals surface area (Å²) in [6.45, 7) is 4.44. The van der Waals surface area contributed by atoms with Crippen molar-refractivity contribution >= 4 is 17.9 Å². The van der Waals surface area contributed by atoms with Crippen LogP contribution in [0.1, 0.15) is 27.9 Å². The summed E-state index contributed by atoms with van der Waals surface area (Å²) in [7, 11) is 1.53. The minimum absolute atomic E-state index is 0.160. The first kappa shape index (κ1) is 17.9. The van der Waals surface area contributed by atoms with Crippen LogP contribution in [0.5, 0.6) is 5.75 Å². The van der Waals surface area contributed by atoms with Crippen molar-refractivity contribution in [3.8, 4) is 5.75 Å². The summed E-state index contributed by atoms with van der Waals surface area (Å²) in [6.07, 6.45) is 2.46. The molecule has 2 aromatic rings. The number of nitrogens with one attached hydrogen (secondary N) is 1. The Morgan fingerprint density at radius 1 is 1.19 bits per heavy atom. The Bertz CT molecular complexity index is 979. The van der Waals surface area contributed by atoms with E-state index in [2.05, 4.69) is 16.4 Å². The van der Waals surface area contributed by atoms with Gasteiger partial charge in [-0.05, 0) is 60.9 Å². The highest BCUT2D eigenvalue weighted by Crippen LogP contribution is 2.17. The van der Waals surface area contributed by atoms with E-state index in [1.54, 1.807) is 18.2 Å². The highest BCUT2D eigenvalue weighted by atomic mass is 16.5. The van der Waals surface area contributed by atoms with E-state index in [0.717, 1.165) is 16.1 Å². The fourth-order valence-electron chi connectivity index (χ4n) is 3.02. The molecule has 5 heteroatoms. The van der Waals surface area contributed by atoms with Gasteiger partial charge >= 0.3 is 0 Å². The summed E-state index contributed by atoms with van der Waals surface area (Å²) in [5, 5.41) is 4.56. The first-order valence-corrected chi connectivity index (χ1v) is 8.62. The fraction of sp³-hybridized carbons (Fsp3) is 0.286. The zero-order valence-corrected chi connectivity index (χ0v) is 15.2. The highest BCUT2D eigenvalue weighted by molar-refractivity contribution is 5.97. The molecule has 26 heavy (non-hydrogen) atoms. The van der Waals surface area contributed by atoms with Crippen molar-refractivity contribution in [3.63, 3.8) is 0 Å². The van der Waals surface area contributed by atoms with Crippen molar-refractivity contribution in [3.05, 3.63) is 63.7 Å². The van der Waals surface area contributed by atoms with Gasteiger partial charge in [-0.25, -0.2) is 4.99 Å². The number of carbonyl (C=O) groups is 2. The van der Waals surface area contributed by atoms with Crippen LogP contribution in [0.25, 0.3) is 6.08 Å². The Kier molecular flexibility index (Phi) is 5.16. The summed E-state index contributed by atoms with van der Waals surface area (Å²) < 4.78 is 5.20. The van der Waals surface area contributed by atoms with Gasteiger partial charge in [0.05, 0.1) is 23.9 Å². The molecule has 1 aliphatic heterocycles. The van der Waals surface area contributed by atoms with Gasteiger partial charge < -0.3 is 10.1 Å². The molecule has 5 nitrogen and oxygen atoms in total. The second-order valence-electron chi connectivity index (χ2n) is 6.46. The molecule has 0 spiro atoms. The molecule has 1 atom stereocenters. The molecule has 0 fully saturated rings. The average Bonchev–Trinajstić information content (AvgIpc) is 2.63. The maximum Gasteiger partial charge on any atom is 0.255 e. The lowest BCUT2D eigenvalue weighted by Crippen LogP contribution is -2.36. The Hall–Kier alpha value is -2.95. The van der Waals surface area contributed by atoms with Gasteiger partial charge in [-0.2, -0.15) is 0 Å². The molecule has 1 aliphatic rings. The fourth-order valence-corrected chi connectivity index (χ4v) is 3.02. The van der Waals surface area contributed by atoms with Gasteiger partial charge in [0.25, 0.3) is 11.8 Å². The summed E-state index contributed by atoms with van der Waals surface area (Å²) in [5.74, 6) is -0.163. The van der Waals surface area contributed by atoms with Gasteiger partial charge in [0.15, 0.2) is 0 Å². The third-order valence-corrected chi connectivity index (χ3v) is 4.66. The van der Waals surface area contributed by atoms with E-state index in [4.69, 9.17) is 4.74 Å². The molecule has 1 heterocycles. The Labute approximate surface area is 152 Å². The van der Waals surface area contributed by atoms with Crippen LogP contribution in [0.4, 0.5) is 0 Å². The van der Waals surface area contributed by atoms with Crippen LogP contribution in [0.3, 0.4) is 0 Å². The molecular weight excluding hydrogens is 328 g/mol. The van der Waals surface area contributed by atoms with Crippen molar-refractivity contribution in [1.82, 2.24) is 5.32 Å². The van der Waals surface area contributed by atoms with Crippen molar-refractivity contribution < 1.29 is 14.3 Å². The van der Waals surface area contributed by atoms with E-state index >= 15 is 0 Å². The normalized spacial score (nSPS) is 15.5. The second kappa shape index (κ2) is 7.52. The quantitative estimate of drug-likeness (QED) is 0.892. The first-order chi connectivity index (χ1) is 12.5. The number of benzene rings is 2. The predicted molar refractivity (Wildman–Crippen MR) is 99.6 cm³/mol. The van der Waals surface area contributed by atoms with Crippen molar-refractivity contribution in [2.45, 2.75) is 20.3 Å². The predicted octanol–water partition coefficient (Wildman–Crippen LogP) is 1.69. The summed E-state index contributed by atoms with van der Waals surface area (Å²) in [5.41, 5.74) is 2.78. The maximum atomic E-state index is 12.3. The number of fused-ring (bicyclic) bond motifs is 1. The van der Waals surface area contributed by atoms with Crippen LogP contribution < -0.4 is 20.6 Å². The third-order valence-electron chi connectivity index (χ3n) is 4.66. The number of amides is 2. The second-order valence-corrected chi connectivity index (χ2v) is 6.46. The van der Waals surface area contributed by atoms with E-state index < -0.39 is 0 Å². The van der Waals surface area contributed by atoms with Crippen molar-refractivity contribution in [1.29, 1.82) is 0 Å². The van der Waals surface area contributed by atoms with Crippen molar-refractivity contribution in [2.24, 2.45) is 10.9 Å². The topological polar surface area (TPSA) is 67.8 Å². The van der Waals surface area contributed by atoms with Crippen LogP contribution in [-0.2, 0) is 4.79 Å². The van der Waals surface area contributed by atoms with Gasteiger partial charge in [0, 0.05) is 6.54 Å². The maximum absolute atomic E-state index is 12.3. The third kappa shape index (κ3) is 3.67. The van der Waals surface area contributed by atoms with Crippen LogP contribution in [0, 0.1) is 19.8 Å². The van der Waals surface area contributed by atoms with Gasteiger partial charge in [-0.15, -0.1) is 0 Å². The van der Waals surface area contributed by atoms with E-state index in [1.807, 2.05) is 32.1 Å². The molecule has 0 saturated carbocycles. The lowest BCUT2D eigenvalue weighted by molar-refractivity contribution is -0.120. The standard InChI is InChI=1S/C21H22N2O3/c1-13-10-16-12-15(20(24)23-18(16)11-14(13)2)8-9-22-21(25)17-6-4-5-7-19(17)26-3/h4-7,10-12,15H,8-9H2,1-3H3,(H,22,25). The molecule has 0 aromatic heterocycles. The molecule has 0 saturated heterocycles. The molecule has 0 aliphatic carbocycles. The smallest absolute Gasteiger partial charge is 0.255 e. The van der Waals surface area contributed by atoms with E-state index in [-0.39, 0.29) is 17.7 Å². The van der Waals surface area contributed by atoms with Gasteiger partial charge in [-0.1, -0.05) is 18.2 Å². The number of ether oxygens (including phenoxy) is 1. The van der Waals surface area contributed by atoms with Gasteiger partial charge in [-0.3, -0.25) is 9.59 Å². The summed E-state index contributed by atoms with van der Waals surface area (Å²) >= 11 is 0. The monoisotopic (exact) mass is 350 g/mol. The molecule has 2 amide bonds. The molecule has 1 N–H and O–H groups in total. The Morgan fingerprint density at radius 3 is 2.69 bits per heavy atom. The number of hydrogen-bond donors (Lipinski definition) is 1. The van der Waals surface area contributed by atoms with Gasteiger partial charge in [0.2, 0.25) is 0 Å². The van der Waals surface area contributed by atoms with Crippen LogP contribution >= 0.6 is 0 Å². The van der Waals surface area contributed by atoms with Gasteiger partial charge in [0.1, 0.15) is 5.75 Å². The Balaban J connectivity index is 1.68. The van der Waals surface area contributed by atoms with Crippen molar-refractivity contribution in [2.75, 3.05) is 13.7 Å². The van der Waals surface area contributed by atoms with E-state index in [9.17, 15) is 9.59 Å². The molecule has 134 valence electrons. The molecule has 2 aromatic carbocycles. The average molecular weight is 350 g/mol. The SMILES string of the molecule is COc1ccccc1C(=O)NCCC1C=c2cc(C)c(C)cc2=NC1=O. The first-order valence-electron chi connectivity index (χ1n) is 8.62. The highest BCUT2D eigenvalue weighted by Gasteiger charge is 2.19. The summed E-state index contributed by atoms with van der Waals surface area (Å²) in [4.78, 5) is 28.8. The number of nitrogens with zero attached hydrogens (tertiary/aromatic N) is 1. The van der Waals surface area contributed by atoms with Crippen LogP contribution in [-0.4, -0.2) is 25.5 Å². The number of para-hydroxylation sites is 1. The number of hydrogen-bond acceptors (Lipinski definition) is 3.